The van der Waals surface area contributed by atoms with Gasteiger partial charge in [0, 0.05) is 5.02 Å². The Labute approximate surface area is 120 Å². The summed E-state index contributed by atoms with van der Waals surface area (Å²) in [5.74, 6) is -0.601. The number of aromatic hydroxyl groups is 1. The van der Waals surface area contributed by atoms with E-state index in [9.17, 15) is 9.90 Å². The number of rotatable bonds is 2. The Bertz CT molecular complexity index is 641. The third-order valence-electron chi connectivity index (χ3n) is 2.58. The molecule has 0 radical (unpaired) electrons. The summed E-state index contributed by atoms with van der Waals surface area (Å²) >= 11 is 11.8. The molecular formula is C14H11Cl2NO2. The smallest absolute Gasteiger partial charge is 0.259 e. The van der Waals surface area contributed by atoms with Gasteiger partial charge in [0.25, 0.3) is 5.91 Å². The monoisotopic (exact) mass is 295 g/mol. The Morgan fingerprint density at radius 1 is 1.16 bits per heavy atom. The van der Waals surface area contributed by atoms with Gasteiger partial charge in [0.1, 0.15) is 5.75 Å². The van der Waals surface area contributed by atoms with Crippen LogP contribution in [0.3, 0.4) is 0 Å². The van der Waals surface area contributed by atoms with Gasteiger partial charge in [0.15, 0.2) is 0 Å². The molecule has 1 amide bonds. The Balaban J connectivity index is 2.28. The molecule has 2 aromatic carbocycles. The van der Waals surface area contributed by atoms with Crippen molar-refractivity contribution in [1.82, 2.24) is 0 Å². The first kappa shape index (κ1) is 13.7. The topological polar surface area (TPSA) is 49.3 Å². The van der Waals surface area contributed by atoms with Gasteiger partial charge in [-0.3, -0.25) is 4.79 Å². The van der Waals surface area contributed by atoms with E-state index in [1.165, 1.54) is 18.2 Å². The van der Waals surface area contributed by atoms with Crippen LogP contribution in [0.4, 0.5) is 5.69 Å². The quantitative estimate of drug-likeness (QED) is 0.870. The maximum absolute atomic E-state index is 12.0. The molecule has 3 nitrogen and oxygen atoms in total. The van der Waals surface area contributed by atoms with Crippen molar-refractivity contribution in [2.75, 3.05) is 5.32 Å². The molecule has 0 bridgehead atoms. The molecule has 0 saturated carbocycles. The number of nitrogens with one attached hydrogen (secondary N) is 1. The second-order valence-electron chi connectivity index (χ2n) is 4.10. The Kier molecular flexibility index (Phi) is 3.98. The van der Waals surface area contributed by atoms with E-state index in [0.717, 1.165) is 5.56 Å². The average Bonchev–Trinajstić information content (AvgIpc) is 2.35. The standard InChI is InChI=1S/C14H11Cl2NO2/c1-8-2-4-12(11(16)6-8)17-14(19)10-7-9(15)3-5-13(10)18/h2-7,18H,1H3,(H,17,19). The first-order chi connectivity index (χ1) is 8.97. The lowest BCUT2D eigenvalue weighted by Crippen LogP contribution is -2.12. The average molecular weight is 296 g/mol. The first-order valence-electron chi connectivity index (χ1n) is 5.53. The van der Waals surface area contributed by atoms with Gasteiger partial charge in [-0.05, 0) is 42.8 Å². The molecule has 0 saturated heterocycles. The first-order valence-corrected chi connectivity index (χ1v) is 6.29. The van der Waals surface area contributed by atoms with Gasteiger partial charge in [-0.2, -0.15) is 0 Å². The van der Waals surface area contributed by atoms with Crippen LogP contribution in [-0.2, 0) is 0 Å². The van der Waals surface area contributed by atoms with Crippen LogP contribution in [-0.4, -0.2) is 11.0 Å². The van der Waals surface area contributed by atoms with Gasteiger partial charge in [-0.15, -0.1) is 0 Å². The molecule has 0 heterocycles. The summed E-state index contributed by atoms with van der Waals surface area (Å²) < 4.78 is 0. The second-order valence-corrected chi connectivity index (χ2v) is 4.94. The SMILES string of the molecule is Cc1ccc(NC(=O)c2cc(Cl)ccc2O)c(Cl)c1. The van der Waals surface area contributed by atoms with Crippen LogP contribution < -0.4 is 5.32 Å². The Morgan fingerprint density at radius 2 is 1.89 bits per heavy atom. The molecule has 0 aromatic heterocycles. The number of phenols is 1. The lowest BCUT2D eigenvalue weighted by atomic mass is 10.1. The van der Waals surface area contributed by atoms with Crippen molar-refractivity contribution in [1.29, 1.82) is 0 Å². The molecule has 0 fully saturated rings. The van der Waals surface area contributed by atoms with Gasteiger partial charge in [0.2, 0.25) is 0 Å². The van der Waals surface area contributed by atoms with Crippen molar-refractivity contribution in [2.24, 2.45) is 0 Å². The fraction of sp³-hybridized carbons (Fsp3) is 0.0714. The Morgan fingerprint density at radius 3 is 2.58 bits per heavy atom. The molecule has 0 aliphatic carbocycles. The number of hydrogen-bond acceptors (Lipinski definition) is 2. The number of phenolic OH excluding ortho intramolecular Hbond substituents is 1. The number of aryl methyl sites for hydroxylation is 1. The van der Waals surface area contributed by atoms with Gasteiger partial charge in [-0.25, -0.2) is 0 Å². The van der Waals surface area contributed by atoms with Crippen LogP contribution >= 0.6 is 23.2 Å². The molecule has 2 rings (SSSR count). The molecule has 2 N–H and O–H groups in total. The van der Waals surface area contributed by atoms with Crippen LogP contribution in [0.5, 0.6) is 5.75 Å². The molecule has 0 aliphatic rings. The minimum Gasteiger partial charge on any atom is -0.507 e. The van der Waals surface area contributed by atoms with Gasteiger partial charge >= 0.3 is 0 Å². The summed E-state index contributed by atoms with van der Waals surface area (Å²) in [6.45, 7) is 1.90. The highest BCUT2D eigenvalue weighted by Crippen LogP contribution is 2.26. The zero-order chi connectivity index (χ0) is 14.0. The van der Waals surface area contributed by atoms with E-state index in [4.69, 9.17) is 23.2 Å². The van der Waals surface area contributed by atoms with Gasteiger partial charge < -0.3 is 10.4 Å². The van der Waals surface area contributed by atoms with Crippen LogP contribution in [0.2, 0.25) is 10.0 Å². The molecule has 2 aromatic rings. The fourth-order valence-corrected chi connectivity index (χ4v) is 2.06. The molecule has 19 heavy (non-hydrogen) atoms. The summed E-state index contributed by atoms with van der Waals surface area (Å²) in [7, 11) is 0. The third kappa shape index (κ3) is 3.19. The van der Waals surface area contributed by atoms with Crippen molar-refractivity contribution >= 4 is 34.8 Å². The summed E-state index contributed by atoms with van der Waals surface area (Å²) in [6.07, 6.45) is 0. The maximum atomic E-state index is 12.0. The third-order valence-corrected chi connectivity index (χ3v) is 3.12. The minimum absolute atomic E-state index is 0.101. The maximum Gasteiger partial charge on any atom is 0.259 e. The number of halogens is 2. The molecule has 0 aliphatic heterocycles. The molecule has 5 heteroatoms. The van der Waals surface area contributed by atoms with Crippen molar-refractivity contribution < 1.29 is 9.90 Å². The number of benzene rings is 2. The van der Waals surface area contributed by atoms with E-state index >= 15 is 0 Å². The second kappa shape index (κ2) is 5.51. The highest BCUT2D eigenvalue weighted by Gasteiger charge is 2.13. The van der Waals surface area contributed by atoms with E-state index in [-0.39, 0.29) is 11.3 Å². The van der Waals surface area contributed by atoms with Crippen LogP contribution in [0.25, 0.3) is 0 Å². The lowest BCUT2D eigenvalue weighted by molar-refractivity contribution is 0.102. The van der Waals surface area contributed by atoms with Crippen molar-refractivity contribution in [3.05, 3.63) is 57.6 Å². The van der Waals surface area contributed by atoms with E-state index in [1.54, 1.807) is 12.1 Å². The molecule has 98 valence electrons. The normalized spacial score (nSPS) is 10.3. The highest BCUT2D eigenvalue weighted by atomic mass is 35.5. The summed E-state index contributed by atoms with van der Waals surface area (Å²) in [4.78, 5) is 12.0. The summed E-state index contributed by atoms with van der Waals surface area (Å²) in [5.41, 5.74) is 1.58. The van der Waals surface area contributed by atoms with Crippen LogP contribution in [0.1, 0.15) is 15.9 Å². The number of anilines is 1. The zero-order valence-corrected chi connectivity index (χ0v) is 11.6. The molecular weight excluding hydrogens is 285 g/mol. The number of amides is 1. The van der Waals surface area contributed by atoms with Crippen molar-refractivity contribution in [3.8, 4) is 5.75 Å². The van der Waals surface area contributed by atoms with Gasteiger partial charge in [0.05, 0.1) is 16.3 Å². The van der Waals surface area contributed by atoms with Crippen molar-refractivity contribution in [2.45, 2.75) is 6.92 Å². The summed E-state index contributed by atoms with van der Waals surface area (Å²) in [6, 6.07) is 9.56. The number of carbonyl (C=O) groups is 1. The molecule has 0 unspecified atom stereocenters. The fourth-order valence-electron chi connectivity index (χ4n) is 1.60. The van der Waals surface area contributed by atoms with Crippen LogP contribution in [0.15, 0.2) is 36.4 Å². The van der Waals surface area contributed by atoms with Crippen molar-refractivity contribution in [3.63, 3.8) is 0 Å². The van der Waals surface area contributed by atoms with E-state index in [1.807, 2.05) is 13.0 Å². The molecule has 0 atom stereocenters. The van der Waals surface area contributed by atoms with E-state index in [0.29, 0.717) is 15.7 Å². The molecule has 0 spiro atoms. The van der Waals surface area contributed by atoms with Gasteiger partial charge in [-0.1, -0.05) is 29.3 Å². The van der Waals surface area contributed by atoms with E-state index < -0.39 is 5.91 Å². The largest absolute Gasteiger partial charge is 0.507 e. The summed E-state index contributed by atoms with van der Waals surface area (Å²) in [5, 5.41) is 13.1. The minimum atomic E-state index is -0.467. The Hall–Kier alpha value is -1.71. The predicted octanol–water partition coefficient (Wildman–Crippen LogP) is 4.26. The number of hydrogen-bond donors (Lipinski definition) is 2. The van der Waals surface area contributed by atoms with E-state index in [2.05, 4.69) is 5.32 Å². The predicted molar refractivity (Wildman–Crippen MR) is 77.3 cm³/mol. The van der Waals surface area contributed by atoms with Crippen LogP contribution in [0, 0.1) is 6.92 Å². The zero-order valence-electron chi connectivity index (χ0n) is 10.1. The number of carbonyl (C=O) groups excluding carboxylic acids is 1. The highest BCUT2D eigenvalue weighted by molar-refractivity contribution is 6.34. The lowest BCUT2D eigenvalue weighted by Gasteiger charge is -2.09.